The first-order valence-electron chi connectivity index (χ1n) is 7.27. The molecule has 1 saturated carbocycles. The van der Waals surface area contributed by atoms with Crippen molar-refractivity contribution in [3.8, 4) is 0 Å². The van der Waals surface area contributed by atoms with Gasteiger partial charge >= 0.3 is 0 Å². The van der Waals surface area contributed by atoms with Gasteiger partial charge in [0.25, 0.3) is 0 Å². The molecule has 2 rings (SSSR count). The van der Waals surface area contributed by atoms with E-state index < -0.39 is 0 Å². The van der Waals surface area contributed by atoms with E-state index in [2.05, 4.69) is 18.7 Å². The van der Waals surface area contributed by atoms with Crippen molar-refractivity contribution in [3.63, 3.8) is 0 Å². The number of rotatable bonds is 3. The lowest BCUT2D eigenvalue weighted by molar-refractivity contribution is 0.0379. The Bertz CT molecular complexity index is 246. The Morgan fingerprint density at radius 3 is 2.94 bits per heavy atom. The Balaban J connectivity index is 2.06. The van der Waals surface area contributed by atoms with Crippen LogP contribution in [0, 0.1) is 5.92 Å². The van der Waals surface area contributed by atoms with Crippen LogP contribution in [0.5, 0.6) is 0 Å². The van der Waals surface area contributed by atoms with Crippen LogP contribution in [-0.4, -0.2) is 42.8 Å². The van der Waals surface area contributed by atoms with Gasteiger partial charge in [-0.05, 0) is 38.5 Å². The number of ether oxygens (including phenoxy) is 1. The van der Waals surface area contributed by atoms with Crippen LogP contribution < -0.4 is 5.73 Å². The molecule has 1 heterocycles. The molecule has 2 aliphatic rings. The van der Waals surface area contributed by atoms with Gasteiger partial charge in [-0.15, -0.1) is 0 Å². The zero-order valence-electron chi connectivity index (χ0n) is 11.5. The lowest BCUT2D eigenvalue weighted by atomic mass is 9.92. The first-order valence-corrected chi connectivity index (χ1v) is 7.27. The van der Waals surface area contributed by atoms with Crippen molar-refractivity contribution in [2.45, 2.75) is 57.6 Å². The van der Waals surface area contributed by atoms with Crippen molar-refractivity contribution >= 4 is 0 Å². The smallest absolute Gasteiger partial charge is 0.0674 e. The van der Waals surface area contributed by atoms with Gasteiger partial charge in [0.2, 0.25) is 0 Å². The summed E-state index contributed by atoms with van der Waals surface area (Å²) in [6, 6.07) is 0. The molecular weight excluding hydrogens is 212 g/mol. The monoisotopic (exact) mass is 240 g/mol. The van der Waals surface area contributed by atoms with Gasteiger partial charge in [0, 0.05) is 31.8 Å². The molecule has 1 aliphatic carbocycles. The largest absolute Gasteiger partial charge is 0.377 e. The van der Waals surface area contributed by atoms with Crippen LogP contribution >= 0.6 is 0 Å². The normalized spacial score (nSPS) is 40.4. The standard InChI is InChI=1S/C14H28N2O/c1-3-13-5-6-14(9-13,11-15)16-7-4-8-17-12(2)10-16/h12-13H,3-11,15H2,1-2H3. The second-order valence-corrected chi connectivity index (χ2v) is 5.93. The summed E-state index contributed by atoms with van der Waals surface area (Å²) in [4.78, 5) is 2.64. The minimum Gasteiger partial charge on any atom is -0.377 e. The number of hydrogen-bond acceptors (Lipinski definition) is 3. The van der Waals surface area contributed by atoms with Crippen molar-refractivity contribution < 1.29 is 4.74 Å². The zero-order valence-corrected chi connectivity index (χ0v) is 11.5. The molecule has 0 radical (unpaired) electrons. The predicted molar refractivity (Wildman–Crippen MR) is 71.0 cm³/mol. The zero-order chi connectivity index (χ0) is 12.3. The highest BCUT2D eigenvalue weighted by Crippen LogP contribution is 2.40. The second kappa shape index (κ2) is 5.68. The average Bonchev–Trinajstić information content (AvgIpc) is 2.66. The van der Waals surface area contributed by atoms with E-state index in [0.29, 0.717) is 6.10 Å². The van der Waals surface area contributed by atoms with E-state index in [1.807, 2.05) is 0 Å². The van der Waals surface area contributed by atoms with E-state index in [-0.39, 0.29) is 5.54 Å². The van der Waals surface area contributed by atoms with Crippen LogP contribution in [0.15, 0.2) is 0 Å². The topological polar surface area (TPSA) is 38.5 Å². The minimum absolute atomic E-state index is 0.280. The summed E-state index contributed by atoms with van der Waals surface area (Å²) in [6.45, 7) is 8.46. The molecule has 100 valence electrons. The van der Waals surface area contributed by atoms with Gasteiger partial charge in [0.15, 0.2) is 0 Å². The predicted octanol–water partition coefficient (Wildman–Crippen LogP) is 2.00. The fourth-order valence-corrected chi connectivity index (χ4v) is 3.59. The third kappa shape index (κ3) is 2.83. The van der Waals surface area contributed by atoms with Gasteiger partial charge in [-0.2, -0.15) is 0 Å². The molecule has 17 heavy (non-hydrogen) atoms. The fraction of sp³-hybridized carbons (Fsp3) is 1.00. The summed E-state index contributed by atoms with van der Waals surface area (Å²) in [5, 5.41) is 0. The Labute approximate surface area is 106 Å². The lowest BCUT2D eigenvalue weighted by Crippen LogP contribution is -2.54. The summed E-state index contributed by atoms with van der Waals surface area (Å²) in [6.07, 6.45) is 6.77. The summed E-state index contributed by atoms with van der Waals surface area (Å²) >= 11 is 0. The van der Waals surface area contributed by atoms with Crippen LogP contribution in [0.3, 0.4) is 0 Å². The molecule has 0 aromatic carbocycles. The molecule has 3 atom stereocenters. The summed E-state index contributed by atoms with van der Waals surface area (Å²) in [5.41, 5.74) is 6.41. The maximum absolute atomic E-state index is 6.13. The van der Waals surface area contributed by atoms with Gasteiger partial charge in [0.1, 0.15) is 0 Å². The highest BCUT2D eigenvalue weighted by molar-refractivity contribution is 4.99. The maximum Gasteiger partial charge on any atom is 0.0674 e. The lowest BCUT2D eigenvalue weighted by Gasteiger charge is -2.41. The molecular formula is C14H28N2O. The SMILES string of the molecule is CCC1CCC(CN)(N2CCCOC(C)C2)C1. The summed E-state index contributed by atoms with van der Waals surface area (Å²) in [5.74, 6) is 0.887. The third-order valence-corrected chi connectivity index (χ3v) is 4.77. The molecule has 0 aromatic heterocycles. The quantitative estimate of drug-likeness (QED) is 0.820. The molecule has 0 spiro atoms. The average molecular weight is 240 g/mol. The minimum atomic E-state index is 0.280. The Kier molecular flexibility index (Phi) is 4.45. The molecule has 3 nitrogen and oxygen atoms in total. The molecule has 3 heteroatoms. The van der Waals surface area contributed by atoms with Crippen LogP contribution in [0.25, 0.3) is 0 Å². The molecule has 1 saturated heterocycles. The van der Waals surface area contributed by atoms with E-state index in [9.17, 15) is 0 Å². The van der Waals surface area contributed by atoms with Crippen LogP contribution in [0.4, 0.5) is 0 Å². The van der Waals surface area contributed by atoms with Crippen LogP contribution in [-0.2, 0) is 4.74 Å². The van der Waals surface area contributed by atoms with Crippen molar-refractivity contribution in [1.29, 1.82) is 0 Å². The third-order valence-electron chi connectivity index (χ3n) is 4.77. The summed E-state index contributed by atoms with van der Waals surface area (Å²) < 4.78 is 5.75. The summed E-state index contributed by atoms with van der Waals surface area (Å²) in [7, 11) is 0. The van der Waals surface area contributed by atoms with Crippen LogP contribution in [0.2, 0.25) is 0 Å². The Morgan fingerprint density at radius 2 is 2.29 bits per heavy atom. The van der Waals surface area contributed by atoms with E-state index in [1.54, 1.807) is 0 Å². The van der Waals surface area contributed by atoms with Gasteiger partial charge in [-0.25, -0.2) is 0 Å². The molecule has 0 aromatic rings. The maximum atomic E-state index is 6.13. The van der Waals surface area contributed by atoms with Gasteiger partial charge < -0.3 is 10.5 Å². The fourth-order valence-electron chi connectivity index (χ4n) is 3.59. The first-order chi connectivity index (χ1) is 8.20. The Hall–Kier alpha value is -0.120. The molecule has 0 bridgehead atoms. The van der Waals surface area contributed by atoms with Gasteiger partial charge in [-0.1, -0.05) is 13.3 Å². The van der Waals surface area contributed by atoms with Crippen molar-refractivity contribution in [2.24, 2.45) is 11.7 Å². The highest BCUT2D eigenvalue weighted by atomic mass is 16.5. The molecule has 1 aliphatic heterocycles. The number of nitrogens with two attached hydrogens (primary N) is 1. The van der Waals surface area contributed by atoms with Gasteiger partial charge in [-0.3, -0.25) is 4.90 Å². The molecule has 3 unspecified atom stereocenters. The molecule has 2 fully saturated rings. The van der Waals surface area contributed by atoms with Gasteiger partial charge in [0.05, 0.1) is 6.10 Å². The number of nitrogens with zero attached hydrogens (tertiary/aromatic N) is 1. The molecule has 0 amide bonds. The molecule has 2 N–H and O–H groups in total. The van der Waals surface area contributed by atoms with Crippen molar-refractivity contribution in [2.75, 3.05) is 26.2 Å². The van der Waals surface area contributed by atoms with Crippen molar-refractivity contribution in [1.82, 2.24) is 4.90 Å². The Morgan fingerprint density at radius 1 is 1.47 bits per heavy atom. The van der Waals surface area contributed by atoms with Crippen LogP contribution in [0.1, 0.15) is 46.0 Å². The van der Waals surface area contributed by atoms with E-state index in [0.717, 1.165) is 38.6 Å². The highest BCUT2D eigenvalue weighted by Gasteiger charge is 2.42. The first kappa shape index (κ1) is 13.3. The van der Waals surface area contributed by atoms with Crippen molar-refractivity contribution in [3.05, 3.63) is 0 Å². The second-order valence-electron chi connectivity index (χ2n) is 5.93. The van der Waals surface area contributed by atoms with E-state index >= 15 is 0 Å². The van der Waals surface area contributed by atoms with E-state index in [1.165, 1.54) is 25.7 Å². The van der Waals surface area contributed by atoms with E-state index in [4.69, 9.17) is 10.5 Å². The number of hydrogen-bond donors (Lipinski definition) is 1.